The summed E-state index contributed by atoms with van der Waals surface area (Å²) in [6.45, 7) is 2.53. The lowest BCUT2D eigenvalue weighted by atomic mass is 10.1. The number of ether oxygens (including phenoxy) is 2. The number of amides is 1. The molecular weight excluding hydrogens is 458 g/mol. The van der Waals surface area contributed by atoms with E-state index in [4.69, 9.17) is 9.47 Å². The third-order valence-electron chi connectivity index (χ3n) is 4.95. The van der Waals surface area contributed by atoms with Gasteiger partial charge in [-0.05, 0) is 36.8 Å². The number of carbonyl (C=O) groups is 3. The van der Waals surface area contributed by atoms with Gasteiger partial charge in [0.15, 0.2) is 5.16 Å². The molecule has 0 aliphatic rings. The largest absolute Gasteiger partial charge is 0.465 e. The average molecular weight is 484 g/mol. The molecule has 2 aromatic carbocycles. The molecule has 0 aliphatic heterocycles. The highest BCUT2D eigenvalue weighted by atomic mass is 32.2. The van der Waals surface area contributed by atoms with Crippen molar-refractivity contribution < 1.29 is 23.9 Å². The minimum atomic E-state index is -0.657. The van der Waals surface area contributed by atoms with Crippen LogP contribution in [0.25, 0.3) is 10.9 Å². The van der Waals surface area contributed by atoms with Gasteiger partial charge in [-0.25, -0.2) is 14.6 Å². The highest BCUT2D eigenvalue weighted by molar-refractivity contribution is 7.99. The first kappa shape index (κ1) is 25.0. The number of esters is 2. The molecule has 1 N–H and O–H groups in total. The highest BCUT2D eigenvalue weighted by Crippen LogP contribution is 2.21. The second kappa shape index (κ2) is 11.5. The second-order valence-corrected chi connectivity index (χ2v) is 8.28. The van der Waals surface area contributed by atoms with Crippen LogP contribution in [0, 0.1) is 0 Å². The molecule has 0 bridgehead atoms. The van der Waals surface area contributed by atoms with E-state index >= 15 is 0 Å². The maximum Gasteiger partial charge on any atom is 0.337 e. The van der Waals surface area contributed by atoms with Crippen LogP contribution in [0.15, 0.2) is 52.4 Å². The van der Waals surface area contributed by atoms with E-state index in [0.29, 0.717) is 22.6 Å². The zero-order valence-corrected chi connectivity index (χ0v) is 19.9. The second-order valence-electron chi connectivity index (χ2n) is 7.34. The number of benzene rings is 2. The van der Waals surface area contributed by atoms with Crippen molar-refractivity contribution in [2.24, 2.45) is 0 Å². The molecule has 0 saturated carbocycles. The molecule has 0 saturated heterocycles. The lowest BCUT2D eigenvalue weighted by molar-refractivity contribution is -0.113. The molecular formula is C24H25N3O6S. The third-order valence-corrected chi connectivity index (χ3v) is 5.93. The topological polar surface area (TPSA) is 117 Å². The summed E-state index contributed by atoms with van der Waals surface area (Å²) in [4.78, 5) is 54.2. The molecule has 10 heteroatoms. The Labute approximate surface area is 200 Å². The van der Waals surface area contributed by atoms with Crippen LogP contribution in [0.3, 0.4) is 0 Å². The van der Waals surface area contributed by atoms with Crippen molar-refractivity contribution in [2.75, 3.05) is 25.3 Å². The molecule has 1 aromatic heterocycles. The van der Waals surface area contributed by atoms with Gasteiger partial charge in [0, 0.05) is 12.2 Å². The van der Waals surface area contributed by atoms with E-state index in [9.17, 15) is 19.2 Å². The van der Waals surface area contributed by atoms with Crippen molar-refractivity contribution in [1.29, 1.82) is 0 Å². The number of aromatic nitrogens is 2. The number of para-hydroxylation sites is 1. The van der Waals surface area contributed by atoms with Crippen LogP contribution < -0.4 is 10.9 Å². The molecule has 0 aliphatic carbocycles. The van der Waals surface area contributed by atoms with Crippen LogP contribution in [-0.4, -0.2) is 47.4 Å². The van der Waals surface area contributed by atoms with Gasteiger partial charge >= 0.3 is 11.9 Å². The first-order valence-electron chi connectivity index (χ1n) is 10.6. The molecule has 0 spiro atoms. The van der Waals surface area contributed by atoms with Gasteiger partial charge in [-0.3, -0.25) is 14.2 Å². The fourth-order valence-electron chi connectivity index (χ4n) is 3.27. The molecule has 0 atom stereocenters. The van der Waals surface area contributed by atoms with Crippen LogP contribution in [0.5, 0.6) is 0 Å². The lowest BCUT2D eigenvalue weighted by Gasteiger charge is -2.13. The van der Waals surface area contributed by atoms with Crippen LogP contribution >= 0.6 is 11.8 Å². The van der Waals surface area contributed by atoms with E-state index in [1.54, 1.807) is 28.8 Å². The zero-order valence-electron chi connectivity index (χ0n) is 19.1. The molecule has 9 nitrogen and oxygen atoms in total. The van der Waals surface area contributed by atoms with Gasteiger partial charge in [-0.15, -0.1) is 0 Å². The van der Waals surface area contributed by atoms with E-state index in [2.05, 4.69) is 10.3 Å². The van der Waals surface area contributed by atoms with Gasteiger partial charge in [0.1, 0.15) is 0 Å². The Morgan fingerprint density at radius 2 is 1.68 bits per heavy atom. The quantitative estimate of drug-likeness (QED) is 0.279. The Morgan fingerprint density at radius 1 is 1.03 bits per heavy atom. The number of hydrogen-bond donors (Lipinski definition) is 1. The molecule has 1 amide bonds. The SMILES string of the molecule is CCCCn1c(SCC(=O)Nc2cc(C(=O)OC)cc(C(=O)OC)c2)nc2ccccc2c1=O. The summed E-state index contributed by atoms with van der Waals surface area (Å²) in [7, 11) is 2.44. The number of rotatable bonds is 9. The number of fused-ring (bicyclic) bond motifs is 1. The molecule has 34 heavy (non-hydrogen) atoms. The van der Waals surface area contributed by atoms with E-state index in [0.717, 1.165) is 24.6 Å². The Bertz CT molecular complexity index is 1250. The standard InChI is InChI=1S/C24H25N3O6S/c1-4-5-10-27-21(29)18-8-6-7-9-19(18)26-24(27)34-14-20(28)25-17-12-15(22(30)32-2)11-16(13-17)23(31)33-3/h6-9,11-13H,4-5,10,14H2,1-3H3,(H,25,28). The highest BCUT2D eigenvalue weighted by Gasteiger charge is 2.16. The summed E-state index contributed by atoms with van der Waals surface area (Å²) in [5.41, 5.74) is 0.853. The van der Waals surface area contributed by atoms with Crippen LogP contribution in [0.2, 0.25) is 0 Å². The first-order valence-corrected chi connectivity index (χ1v) is 11.6. The predicted octanol–water partition coefficient (Wildman–Crippen LogP) is 3.50. The number of methoxy groups -OCH3 is 2. The molecule has 0 unspecified atom stereocenters. The van der Waals surface area contributed by atoms with Crippen molar-refractivity contribution in [3.63, 3.8) is 0 Å². The van der Waals surface area contributed by atoms with Crippen molar-refractivity contribution in [3.05, 3.63) is 63.9 Å². The average Bonchev–Trinajstić information content (AvgIpc) is 2.85. The predicted molar refractivity (Wildman–Crippen MR) is 129 cm³/mol. The summed E-state index contributed by atoms with van der Waals surface area (Å²) < 4.78 is 11.0. The Hall–Kier alpha value is -3.66. The fraction of sp³-hybridized carbons (Fsp3) is 0.292. The molecule has 0 fully saturated rings. The van der Waals surface area contributed by atoms with Gasteiger partial charge in [0.05, 0.1) is 42.0 Å². The summed E-state index contributed by atoms with van der Waals surface area (Å²) in [6.07, 6.45) is 1.71. The molecule has 3 rings (SSSR count). The maximum absolute atomic E-state index is 13.0. The smallest absolute Gasteiger partial charge is 0.337 e. The molecule has 3 aromatic rings. The van der Waals surface area contributed by atoms with E-state index < -0.39 is 17.8 Å². The zero-order chi connectivity index (χ0) is 24.7. The Kier molecular flexibility index (Phi) is 8.42. The number of carbonyl (C=O) groups excluding carboxylic acids is 3. The molecule has 0 radical (unpaired) electrons. The third kappa shape index (κ3) is 5.82. The summed E-state index contributed by atoms with van der Waals surface area (Å²) in [6, 6.07) is 11.2. The summed E-state index contributed by atoms with van der Waals surface area (Å²) >= 11 is 1.14. The van der Waals surface area contributed by atoms with Gasteiger partial charge in [-0.1, -0.05) is 37.2 Å². The number of thioether (sulfide) groups is 1. The summed E-state index contributed by atoms with van der Waals surface area (Å²) in [5, 5.41) is 3.65. The van der Waals surface area contributed by atoms with Crippen molar-refractivity contribution >= 4 is 46.2 Å². The number of nitrogens with one attached hydrogen (secondary N) is 1. The monoisotopic (exact) mass is 483 g/mol. The first-order chi connectivity index (χ1) is 16.4. The van der Waals surface area contributed by atoms with Gasteiger partial charge in [-0.2, -0.15) is 0 Å². The number of unbranched alkanes of at least 4 members (excludes halogenated alkanes) is 1. The minimum absolute atomic E-state index is 0.0348. The van der Waals surface area contributed by atoms with Gasteiger partial charge in [0.25, 0.3) is 5.56 Å². The van der Waals surface area contributed by atoms with Crippen molar-refractivity contribution in [2.45, 2.75) is 31.5 Å². The Morgan fingerprint density at radius 3 is 2.29 bits per heavy atom. The van der Waals surface area contributed by atoms with Crippen LogP contribution in [0.4, 0.5) is 5.69 Å². The minimum Gasteiger partial charge on any atom is -0.465 e. The van der Waals surface area contributed by atoms with Crippen LogP contribution in [0.1, 0.15) is 40.5 Å². The molecule has 178 valence electrons. The molecule has 1 heterocycles. The summed E-state index contributed by atoms with van der Waals surface area (Å²) in [5.74, 6) is -1.74. The Balaban J connectivity index is 1.83. The van der Waals surface area contributed by atoms with Crippen molar-refractivity contribution in [1.82, 2.24) is 9.55 Å². The van der Waals surface area contributed by atoms with Gasteiger partial charge < -0.3 is 14.8 Å². The lowest BCUT2D eigenvalue weighted by Crippen LogP contribution is -2.24. The van der Waals surface area contributed by atoms with Gasteiger partial charge in [0.2, 0.25) is 5.91 Å². The van der Waals surface area contributed by atoms with Crippen LogP contribution in [-0.2, 0) is 20.8 Å². The number of hydrogen-bond acceptors (Lipinski definition) is 8. The maximum atomic E-state index is 13.0. The number of nitrogens with zero attached hydrogens (tertiary/aromatic N) is 2. The number of anilines is 1. The van der Waals surface area contributed by atoms with Crippen molar-refractivity contribution in [3.8, 4) is 0 Å². The van der Waals surface area contributed by atoms with E-state index in [1.807, 2.05) is 6.92 Å². The normalized spacial score (nSPS) is 10.7. The fourth-order valence-corrected chi connectivity index (χ4v) is 4.09. The van der Waals surface area contributed by atoms with E-state index in [1.165, 1.54) is 32.4 Å². The van der Waals surface area contributed by atoms with E-state index in [-0.39, 0.29) is 28.1 Å².